The minimum Gasteiger partial charge on any atom is -0.333 e. The van der Waals surface area contributed by atoms with Gasteiger partial charge in [-0.25, -0.2) is 0 Å². The van der Waals surface area contributed by atoms with E-state index in [0.717, 1.165) is 12.1 Å². The SMILES string of the molecule is CC(C)NCc1cn(CC#N)c2ccccc12. The van der Waals surface area contributed by atoms with Gasteiger partial charge in [-0.2, -0.15) is 5.26 Å². The van der Waals surface area contributed by atoms with Crippen LogP contribution in [-0.2, 0) is 13.1 Å². The molecule has 0 atom stereocenters. The molecule has 0 spiro atoms. The first-order chi connectivity index (χ1) is 8.22. The van der Waals surface area contributed by atoms with E-state index in [-0.39, 0.29) is 0 Å². The zero-order valence-corrected chi connectivity index (χ0v) is 10.3. The van der Waals surface area contributed by atoms with Crippen LogP contribution in [0.5, 0.6) is 0 Å². The standard InChI is InChI=1S/C14H17N3/c1-11(2)16-9-12-10-17(8-7-15)14-6-4-3-5-13(12)14/h3-6,10-11,16H,8-9H2,1-2H3. The number of hydrogen-bond donors (Lipinski definition) is 1. The number of hydrogen-bond acceptors (Lipinski definition) is 2. The van der Waals surface area contributed by atoms with E-state index in [0.29, 0.717) is 12.6 Å². The van der Waals surface area contributed by atoms with Crippen LogP contribution < -0.4 is 5.32 Å². The van der Waals surface area contributed by atoms with Gasteiger partial charge >= 0.3 is 0 Å². The molecule has 3 nitrogen and oxygen atoms in total. The first kappa shape index (κ1) is 11.7. The molecule has 1 aromatic heterocycles. The van der Waals surface area contributed by atoms with Crippen molar-refractivity contribution in [1.82, 2.24) is 9.88 Å². The van der Waals surface area contributed by atoms with E-state index >= 15 is 0 Å². The highest BCUT2D eigenvalue weighted by molar-refractivity contribution is 5.84. The van der Waals surface area contributed by atoms with E-state index < -0.39 is 0 Å². The fraction of sp³-hybridized carbons (Fsp3) is 0.357. The largest absolute Gasteiger partial charge is 0.333 e. The molecule has 3 heteroatoms. The lowest BCUT2D eigenvalue weighted by molar-refractivity contribution is 0.589. The van der Waals surface area contributed by atoms with Crippen molar-refractivity contribution < 1.29 is 0 Å². The van der Waals surface area contributed by atoms with Gasteiger partial charge in [0.2, 0.25) is 0 Å². The molecule has 0 saturated heterocycles. The van der Waals surface area contributed by atoms with Gasteiger partial charge in [0.25, 0.3) is 0 Å². The molecule has 0 saturated carbocycles. The fourth-order valence-corrected chi connectivity index (χ4v) is 1.98. The molecule has 0 aliphatic carbocycles. The van der Waals surface area contributed by atoms with Crippen molar-refractivity contribution in [2.24, 2.45) is 0 Å². The topological polar surface area (TPSA) is 40.8 Å². The van der Waals surface area contributed by atoms with E-state index in [1.54, 1.807) is 0 Å². The molecular formula is C14H17N3. The van der Waals surface area contributed by atoms with Crippen LogP contribution in [0.1, 0.15) is 19.4 Å². The van der Waals surface area contributed by atoms with Gasteiger partial charge < -0.3 is 9.88 Å². The van der Waals surface area contributed by atoms with E-state index in [1.807, 2.05) is 16.7 Å². The van der Waals surface area contributed by atoms with Crippen molar-refractivity contribution in [1.29, 1.82) is 5.26 Å². The second-order valence-electron chi connectivity index (χ2n) is 4.49. The van der Waals surface area contributed by atoms with Crippen LogP contribution in [0.15, 0.2) is 30.5 Å². The van der Waals surface area contributed by atoms with Crippen LogP contribution in [0.25, 0.3) is 10.9 Å². The van der Waals surface area contributed by atoms with Gasteiger partial charge in [0.05, 0.1) is 6.07 Å². The molecule has 1 heterocycles. The maximum absolute atomic E-state index is 8.82. The maximum Gasteiger partial charge on any atom is 0.110 e. The molecule has 0 bridgehead atoms. The Morgan fingerprint density at radius 1 is 1.35 bits per heavy atom. The lowest BCUT2D eigenvalue weighted by Gasteiger charge is -2.06. The highest BCUT2D eigenvalue weighted by Crippen LogP contribution is 2.21. The number of aromatic nitrogens is 1. The predicted octanol–water partition coefficient (Wildman–Crippen LogP) is 2.66. The van der Waals surface area contributed by atoms with Gasteiger partial charge in [-0.05, 0) is 11.6 Å². The van der Waals surface area contributed by atoms with E-state index in [4.69, 9.17) is 5.26 Å². The van der Waals surface area contributed by atoms with Crippen LogP contribution in [0.3, 0.4) is 0 Å². The minimum atomic E-state index is 0.405. The third kappa shape index (κ3) is 2.48. The monoisotopic (exact) mass is 227 g/mol. The van der Waals surface area contributed by atoms with Crippen molar-refractivity contribution in [2.75, 3.05) is 0 Å². The van der Waals surface area contributed by atoms with Crippen LogP contribution in [0.4, 0.5) is 0 Å². The summed E-state index contributed by atoms with van der Waals surface area (Å²) in [6.07, 6.45) is 2.07. The summed E-state index contributed by atoms with van der Waals surface area (Å²) in [4.78, 5) is 0. The Morgan fingerprint density at radius 2 is 2.12 bits per heavy atom. The van der Waals surface area contributed by atoms with Gasteiger partial charge in [0.1, 0.15) is 6.54 Å². The van der Waals surface area contributed by atoms with Gasteiger partial charge in [-0.1, -0.05) is 32.0 Å². The average Bonchev–Trinajstić information content (AvgIpc) is 2.66. The number of benzene rings is 1. The minimum absolute atomic E-state index is 0.405. The Kier molecular flexibility index (Phi) is 3.46. The van der Waals surface area contributed by atoms with Crippen molar-refractivity contribution in [3.8, 4) is 6.07 Å². The normalized spacial score (nSPS) is 10.9. The first-order valence-electron chi connectivity index (χ1n) is 5.89. The summed E-state index contributed by atoms with van der Waals surface area (Å²) in [6, 6.07) is 10.9. The van der Waals surface area contributed by atoms with E-state index in [2.05, 4.69) is 43.6 Å². The van der Waals surface area contributed by atoms with Gasteiger partial charge in [-0.15, -0.1) is 0 Å². The molecule has 0 unspecified atom stereocenters. The molecule has 1 aromatic carbocycles. The van der Waals surface area contributed by atoms with Gasteiger partial charge in [0.15, 0.2) is 0 Å². The van der Waals surface area contributed by atoms with Crippen LogP contribution in [0, 0.1) is 11.3 Å². The molecule has 2 rings (SSSR count). The molecule has 0 aliphatic heterocycles. The number of rotatable bonds is 4. The van der Waals surface area contributed by atoms with Crippen molar-refractivity contribution in [3.05, 3.63) is 36.0 Å². The molecule has 2 aromatic rings. The average molecular weight is 227 g/mol. The summed E-state index contributed by atoms with van der Waals surface area (Å²) in [6.45, 7) is 5.52. The molecule has 1 N–H and O–H groups in total. The molecule has 0 fully saturated rings. The zero-order chi connectivity index (χ0) is 12.3. The summed E-state index contributed by atoms with van der Waals surface area (Å²) >= 11 is 0. The second-order valence-corrected chi connectivity index (χ2v) is 4.49. The number of para-hydroxylation sites is 1. The molecule has 17 heavy (non-hydrogen) atoms. The zero-order valence-electron chi connectivity index (χ0n) is 10.3. The smallest absolute Gasteiger partial charge is 0.110 e. The number of nitrogens with zero attached hydrogens (tertiary/aromatic N) is 2. The lowest BCUT2D eigenvalue weighted by Crippen LogP contribution is -2.21. The number of nitrogens with one attached hydrogen (secondary N) is 1. The van der Waals surface area contributed by atoms with Crippen molar-refractivity contribution in [3.63, 3.8) is 0 Å². The highest BCUT2D eigenvalue weighted by atomic mass is 15.0. The molecular weight excluding hydrogens is 210 g/mol. The van der Waals surface area contributed by atoms with Crippen molar-refractivity contribution in [2.45, 2.75) is 33.0 Å². The summed E-state index contributed by atoms with van der Waals surface area (Å²) in [5, 5.41) is 13.5. The van der Waals surface area contributed by atoms with E-state index in [1.165, 1.54) is 10.9 Å². The summed E-state index contributed by atoms with van der Waals surface area (Å²) in [5.74, 6) is 0. The Balaban J connectivity index is 2.38. The number of nitriles is 1. The van der Waals surface area contributed by atoms with Crippen molar-refractivity contribution >= 4 is 10.9 Å². The Bertz CT molecular complexity index is 546. The summed E-state index contributed by atoms with van der Waals surface area (Å²) in [5.41, 5.74) is 2.39. The Morgan fingerprint density at radius 3 is 2.82 bits per heavy atom. The van der Waals surface area contributed by atoms with Crippen LogP contribution in [0.2, 0.25) is 0 Å². The second kappa shape index (κ2) is 5.03. The van der Waals surface area contributed by atoms with Crippen LogP contribution in [-0.4, -0.2) is 10.6 Å². The van der Waals surface area contributed by atoms with Crippen LogP contribution >= 0.6 is 0 Å². The Hall–Kier alpha value is -1.79. The summed E-state index contributed by atoms with van der Waals surface area (Å²) < 4.78 is 2.01. The quantitative estimate of drug-likeness (QED) is 0.872. The van der Waals surface area contributed by atoms with Gasteiger partial charge in [0, 0.05) is 29.7 Å². The molecule has 0 amide bonds. The predicted molar refractivity (Wildman–Crippen MR) is 69.5 cm³/mol. The lowest BCUT2D eigenvalue weighted by atomic mass is 10.2. The maximum atomic E-state index is 8.82. The third-order valence-corrected chi connectivity index (χ3v) is 2.81. The molecule has 88 valence electrons. The van der Waals surface area contributed by atoms with Gasteiger partial charge in [-0.3, -0.25) is 0 Å². The van der Waals surface area contributed by atoms with E-state index in [9.17, 15) is 0 Å². The molecule has 0 aliphatic rings. The fourth-order valence-electron chi connectivity index (χ4n) is 1.98. The first-order valence-corrected chi connectivity index (χ1v) is 5.89. The Labute approximate surface area is 102 Å². The molecule has 0 radical (unpaired) electrons. The number of fused-ring (bicyclic) bond motifs is 1. The summed E-state index contributed by atoms with van der Waals surface area (Å²) in [7, 11) is 0. The third-order valence-electron chi connectivity index (χ3n) is 2.81. The highest BCUT2D eigenvalue weighted by Gasteiger charge is 2.07.